The number of carboxylic acid groups (broad SMARTS) is 1. The lowest BCUT2D eigenvalue weighted by molar-refractivity contribution is -0.161. The maximum absolute atomic E-state index is 12.0. The quantitative estimate of drug-likeness (QED) is 0.759. The molecule has 5 unspecified atom stereocenters. The third-order valence-corrected chi connectivity index (χ3v) is 7.84. The standard InChI is InChI=1S/C20H28O3/c1-18-7-3-8-19(2,17(22)23)15(18)6-9-20-10-13(4-5-16(18)20)14(11-20)12-21/h5,11,13,15,21H,3-4,6-10,12H2,1-2H3,(H,22,23). The molecule has 3 nitrogen and oxygen atoms in total. The predicted molar refractivity (Wildman–Crippen MR) is 88.8 cm³/mol. The fourth-order valence-electron chi connectivity index (χ4n) is 6.77. The second-order valence-electron chi connectivity index (χ2n) is 8.87. The SMILES string of the molecule is CC1(C(=O)O)CCCC2(C)C3=CCC4CC3(C=C4CO)CCC12. The second kappa shape index (κ2) is 4.72. The van der Waals surface area contributed by atoms with Crippen molar-refractivity contribution in [2.75, 3.05) is 6.61 Å². The van der Waals surface area contributed by atoms with Crippen molar-refractivity contribution < 1.29 is 15.0 Å². The zero-order valence-corrected chi connectivity index (χ0v) is 14.3. The van der Waals surface area contributed by atoms with E-state index in [1.54, 1.807) is 0 Å². The minimum absolute atomic E-state index is 0.00994. The monoisotopic (exact) mass is 316 g/mol. The maximum Gasteiger partial charge on any atom is 0.309 e. The van der Waals surface area contributed by atoms with Gasteiger partial charge < -0.3 is 10.2 Å². The molecule has 2 N–H and O–H groups in total. The molecule has 4 rings (SSSR count). The molecule has 1 spiro atoms. The molecule has 0 aromatic heterocycles. The Balaban J connectivity index is 1.80. The van der Waals surface area contributed by atoms with E-state index in [4.69, 9.17) is 0 Å². The summed E-state index contributed by atoms with van der Waals surface area (Å²) in [6.45, 7) is 4.49. The van der Waals surface area contributed by atoms with Crippen LogP contribution in [0.15, 0.2) is 23.3 Å². The van der Waals surface area contributed by atoms with Crippen LogP contribution in [0.1, 0.15) is 58.8 Å². The molecule has 5 atom stereocenters. The van der Waals surface area contributed by atoms with Gasteiger partial charge in [-0.15, -0.1) is 0 Å². The number of carboxylic acids is 1. The molecule has 2 bridgehead atoms. The number of aliphatic carboxylic acids is 1. The van der Waals surface area contributed by atoms with Crippen LogP contribution in [0.3, 0.4) is 0 Å². The predicted octanol–water partition coefficient (Wildman–Crippen LogP) is 3.93. The molecule has 2 fully saturated rings. The van der Waals surface area contributed by atoms with Gasteiger partial charge in [0, 0.05) is 5.41 Å². The first-order valence-electron chi connectivity index (χ1n) is 9.13. The Morgan fingerprint density at radius 2 is 2.09 bits per heavy atom. The van der Waals surface area contributed by atoms with Crippen molar-refractivity contribution in [3.8, 4) is 0 Å². The Bertz CT molecular complexity index is 618. The first-order valence-corrected chi connectivity index (χ1v) is 9.13. The van der Waals surface area contributed by atoms with E-state index in [1.165, 1.54) is 11.1 Å². The van der Waals surface area contributed by atoms with Gasteiger partial charge in [0.2, 0.25) is 0 Å². The summed E-state index contributed by atoms with van der Waals surface area (Å²) < 4.78 is 0. The van der Waals surface area contributed by atoms with E-state index >= 15 is 0 Å². The number of rotatable bonds is 2. The number of hydrogen-bond donors (Lipinski definition) is 2. The van der Waals surface area contributed by atoms with Crippen LogP contribution < -0.4 is 0 Å². The van der Waals surface area contributed by atoms with Gasteiger partial charge in [-0.25, -0.2) is 0 Å². The zero-order valence-electron chi connectivity index (χ0n) is 14.3. The Hall–Kier alpha value is -1.09. The molecule has 0 aromatic rings. The van der Waals surface area contributed by atoms with Crippen molar-refractivity contribution >= 4 is 5.97 Å². The first-order chi connectivity index (χ1) is 10.9. The normalized spacial score (nSPS) is 48.1. The topological polar surface area (TPSA) is 57.5 Å². The average Bonchev–Trinajstić information content (AvgIpc) is 2.77. The van der Waals surface area contributed by atoms with Gasteiger partial charge in [-0.3, -0.25) is 4.79 Å². The van der Waals surface area contributed by atoms with Crippen LogP contribution in [0.4, 0.5) is 0 Å². The number of allylic oxidation sites excluding steroid dienone is 3. The average molecular weight is 316 g/mol. The first kappa shape index (κ1) is 15.4. The van der Waals surface area contributed by atoms with Gasteiger partial charge in [0.25, 0.3) is 0 Å². The van der Waals surface area contributed by atoms with Crippen LogP contribution in [0, 0.1) is 28.1 Å². The van der Waals surface area contributed by atoms with Gasteiger partial charge in [-0.2, -0.15) is 0 Å². The summed E-state index contributed by atoms with van der Waals surface area (Å²) in [6, 6.07) is 0. The van der Waals surface area contributed by atoms with Crippen molar-refractivity contribution in [3.63, 3.8) is 0 Å². The van der Waals surface area contributed by atoms with E-state index < -0.39 is 11.4 Å². The van der Waals surface area contributed by atoms with E-state index in [2.05, 4.69) is 19.1 Å². The van der Waals surface area contributed by atoms with Crippen LogP contribution in [0.5, 0.6) is 0 Å². The molecule has 0 amide bonds. The van der Waals surface area contributed by atoms with E-state index in [-0.39, 0.29) is 23.4 Å². The highest BCUT2D eigenvalue weighted by Crippen LogP contribution is 2.69. The Labute approximate surface area is 138 Å². The Morgan fingerprint density at radius 1 is 1.30 bits per heavy atom. The molecule has 3 heteroatoms. The van der Waals surface area contributed by atoms with Crippen LogP contribution in [0.25, 0.3) is 0 Å². The maximum atomic E-state index is 12.0. The van der Waals surface area contributed by atoms with Crippen molar-refractivity contribution in [2.45, 2.75) is 58.8 Å². The number of aliphatic hydroxyl groups excluding tert-OH is 1. The van der Waals surface area contributed by atoms with E-state index in [0.29, 0.717) is 5.92 Å². The number of carbonyl (C=O) groups is 1. The number of aliphatic hydroxyl groups is 1. The summed E-state index contributed by atoms with van der Waals surface area (Å²) in [5.41, 5.74) is 2.26. The minimum atomic E-state index is -0.614. The van der Waals surface area contributed by atoms with Crippen molar-refractivity contribution in [3.05, 3.63) is 23.3 Å². The summed E-state index contributed by atoms with van der Waals surface area (Å²) >= 11 is 0. The van der Waals surface area contributed by atoms with Crippen molar-refractivity contribution in [1.82, 2.24) is 0 Å². The van der Waals surface area contributed by atoms with Gasteiger partial charge >= 0.3 is 5.97 Å². The summed E-state index contributed by atoms with van der Waals surface area (Å²) in [5, 5.41) is 19.6. The van der Waals surface area contributed by atoms with E-state index in [9.17, 15) is 15.0 Å². The van der Waals surface area contributed by atoms with Crippen molar-refractivity contribution in [2.24, 2.45) is 28.1 Å². The highest BCUT2D eigenvalue weighted by atomic mass is 16.4. The molecule has 0 aromatic carbocycles. The largest absolute Gasteiger partial charge is 0.481 e. The summed E-state index contributed by atoms with van der Waals surface area (Å²) in [7, 11) is 0. The molecule has 2 saturated carbocycles. The van der Waals surface area contributed by atoms with Gasteiger partial charge in [-0.05, 0) is 68.3 Å². The molecule has 0 heterocycles. The van der Waals surface area contributed by atoms with Crippen LogP contribution in [0.2, 0.25) is 0 Å². The van der Waals surface area contributed by atoms with Gasteiger partial charge in [0.05, 0.1) is 12.0 Å². The van der Waals surface area contributed by atoms with Gasteiger partial charge in [0.1, 0.15) is 0 Å². The minimum Gasteiger partial charge on any atom is -0.481 e. The van der Waals surface area contributed by atoms with Gasteiger partial charge in [-0.1, -0.05) is 31.1 Å². The fraction of sp³-hybridized carbons (Fsp3) is 0.750. The highest BCUT2D eigenvalue weighted by molar-refractivity contribution is 5.75. The molecule has 4 aliphatic carbocycles. The molecule has 0 radical (unpaired) electrons. The number of hydrogen-bond acceptors (Lipinski definition) is 2. The van der Waals surface area contributed by atoms with Crippen LogP contribution in [-0.2, 0) is 4.79 Å². The van der Waals surface area contributed by atoms with Crippen LogP contribution in [-0.4, -0.2) is 22.8 Å². The van der Waals surface area contributed by atoms with E-state index in [1.807, 2.05) is 6.92 Å². The smallest absolute Gasteiger partial charge is 0.309 e. The lowest BCUT2D eigenvalue weighted by atomic mass is 9.44. The third kappa shape index (κ3) is 1.83. The summed E-state index contributed by atoms with van der Waals surface area (Å²) in [6.07, 6.45) is 11.9. The third-order valence-electron chi connectivity index (χ3n) is 7.84. The Morgan fingerprint density at radius 3 is 2.78 bits per heavy atom. The highest BCUT2D eigenvalue weighted by Gasteiger charge is 2.61. The molecular weight excluding hydrogens is 288 g/mol. The summed E-state index contributed by atoms with van der Waals surface area (Å²) in [5.74, 6) is 0.135. The lowest BCUT2D eigenvalue weighted by Gasteiger charge is -2.59. The van der Waals surface area contributed by atoms with Crippen molar-refractivity contribution in [1.29, 1.82) is 0 Å². The summed E-state index contributed by atoms with van der Waals surface area (Å²) in [4.78, 5) is 12.0. The van der Waals surface area contributed by atoms with Crippen LogP contribution >= 0.6 is 0 Å². The molecule has 23 heavy (non-hydrogen) atoms. The molecule has 0 aliphatic heterocycles. The lowest BCUT2D eigenvalue weighted by Crippen LogP contribution is -2.54. The number of fused-ring (bicyclic) bond motifs is 3. The molecule has 0 saturated heterocycles. The molecule has 4 aliphatic rings. The fourth-order valence-corrected chi connectivity index (χ4v) is 6.77. The molecule has 126 valence electrons. The molecular formula is C20H28O3. The van der Waals surface area contributed by atoms with E-state index in [0.717, 1.165) is 44.9 Å². The second-order valence-corrected chi connectivity index (χ2v) is 8.87. The zero-order chi connectivity index (χ0) is 16.5. The van der Waals surface area contributed by atoms with Gasteiger partial charge in [0.15, 0.2) is 0 Å². The Kier molecular flexibility index (Phi) is 3.17.